The molecule has 1 N–H and O–H groups in total. The quantitative estimate of drug-likeness (QED) is 0.658. The van der Waals surface area contributed by atoms with Crippen molar-refractivity contribution in [3.63, 3.8) is 0 Å². The molecule has 0 bridgehead atoms. The summed E-state index contributed by atoms with van der Waals surface area (Å²) in [7, 11) is 0. The van der Waals surface area contributed by atoms with Crippen LogP contribution in [0.2, 0.25) is 0 Å². The molecule has 0 fully saturated rings. The lowest BCUT2D eigenvalue weighted by atomic mass is 9.88. The Morgan fingerprint density at radius 2 is 1.72 bits per heavy atom. The maximum atomic E-state index is 11.9. The maximum absolute atomic E-state index is 11.9. The number of fused-ring (bicyclic) bond motifs is 1. The fourth-order valence-corrected chi connectivity index (χ4v) is 3.06. The second-order valence-corrected chi connectivity index (χ2v) is 6.16. The standard InChI is InChI=1S/C22H22O3/c1-2-14-25-18-12-10-16(11-13-18)15-21(22(23)24)20-9-5-7-17-6-3-4-8-19(17)20/h3-13,21H,2,14-15H2,1H3,(H,23,24). The minimum absolute atomic E-state index is 0.456. The maximum Gasteiger partial charge on any atom is 0.311 e. The average molecular weight is 334 g/mol. The summed E-state index contributed by atoms with van der Waals surface area (Å²) in [6.45, 7) is 2.75. The second-order valence-electron chi connectivity index (χ2n) is 6.16. The van der Waals surface area contributed by atoms with Gasteiger partial charge in [0.2, 0.25) is 0 Å². The van der Waals surface area contributed by atoms with E-state index in [0.29, 0.717) is 13.0 Å². The number of rotatable bonds is 7. The average Bonchev–Trinajstić information content (AvgIpc) is 2.65. The van der Waals surface area contributed by atoms with Crippen molar-refractivity contribution in [2.75, 3.05) is 6.61 Å². The van der Waals surface area contributed by atoms with E-state index in [-0.39, 0.29) is 0 Å². The van der Waals surface area contributed by atoms with Gasteiger partial charge in [0.05, 0.1) is 12.5 Å². The van der Waals surface area contributed by atoms with E-state index >= 15 is 0 Å². The number of carbonyl (C=O) groups is 1. The van der Waals surface area contributed by atoms with E-state index in [0.717, 1.165) is 34.1 Å². The molecule has 3 aromatic rings. The summed E-state index contributed by atoms with van der Waals surface area (Å²) in [5.41, 5.74) is 1.85. The van der Waals surface area contributed by atoms with Gasteiger partial charge in [-0.2, -0.15) is 0 Å². The van der Waals surface area contributed by atoms with Crippen molar-refractivity contribution in [3.05, 3.63) is 77.9 Å². The predicted octanol–water partition coefficient (Wildman–Crippen LogP) is 5.04. The topological polar surface area (TPSA) is 46.5 Å². The molecule has 0 aliphatic heterocycles. The molecule has 25 heavy (non-hydrogen) atoms. The van der Waals surface area contributed by atoms with Crippen LogP contribution in [0.25, 0.3) is 10.8 Å². The monoisotopic (exact) mass is 334 g/mol. The fraction of sp³-hybridized carbons (Fsp3) is 0.227. The lowest BCUT2D eigenvalue weighted by Crippen LogP contribution is -2.15. The summed E-state index contributed by atoms with van der Waals surface area (Å²) in [6, 6.07) is 21.5. The van der Waals surface area contributed by atoms with Gasteiger partial charge in [0.1, 0.15) is 5.75 Å². The highest BCUT2D eigenvalue weighted by Gasteiger charge is 2.22. The van der Waals surface area contributed by atoms with Gasteiger partial charge in [-0.25, -0.2) is 0 Å². The highest BCUT2D eigenvalue weighted by atomic mass is 16.5. The van der Waals surface area contributed by atoms with Crippen LogP contribution in [0, 0.1) is 0 Å². The molecule has 0 aliphatic carbocycles. The van der Waals surface area contributed by atoms with E-state index in [1.54, 1.807) is 0 Å². The first-order chi connectivity index (χ1) is 12.2. The van der Waals surface area contributed by atoms with Gasteiger partial charge < -0.3 is 9.84 Å². The minimum atomic E-state index is -0.803. The van der Waals surface area contributed by atoms with Crippen molar-refractivity contribution in [2.45, 2.75) is 25.7 Å². The van der Waals surface area contributed by atoms with Gasteiger partial charge in [-0.1, -0.05) is 61.5 Å². The Kier molecular flexibility index (Phi) is 5.34. The smallest absolute Gasteiger partial charge is 0.311 e. The second kappa shape index (κ2) is 7.84. The molecule has 1 unspecified atom stereocenters. The zero-order chi connectivity index (χ0) is 17.6. The molecule has 0 radical (unpaired) electrons. The van der Waals surface area contributed by atoms with Crippen LogP contribution in [-0.2, 0) is 11.2 Å². The fourth-order valence-electron chi connectivity index (χ4n) is 3.06. The molecular weight excluding hydrogens is 312 g/mol. The molecule has 3 nitrogen and oxygen atoms in total. The van der Waals surface area contributed by atoms with Gasteiger partial charge in [-0.15, -0.1) is 0 Å². The van der Waals surface area contributed by atoms with Crippen molar-refractivity contribution in [1.29, 1.82) is 0 Å². The molecule has 0 aromatic heterocycles. The van der Waals surface area contributed by atoms with Crippen LogP contribution in [0.3, 0.4) is 0 Å². The Hall–Kier alpha value is -2.81. The molecular formula is C22H22O3. The number of hydrogen-bond acceptors (Lipinski definition) is 2. The molecule has 128 valence electrons. The normalized spacial score (nSPS) is 12.0. The highest BCUT2D eigenvalue weighted by molar-refractivity contribution is 5.90. The number of hydrogen-bond donors (Lipinski definition) is 1. The Morgan fingerprint density at radius 3 is 2.44 bits per heavy atom. The van der Waals surface area contributed by atoms with Crippen LogP contribution >= 0.6 is 0 Å². The third-order valence-electron chi connectivity index (χ3n) is 4.33. The van der Waals surface area contributed by atoms with Gasteiger partial charge in [-0.05, 0) is 46.9 Å². The van der Waals surface area contributed by atoms with E-state index < -0.39 is 11.9 Å². The number of ether oxygens (including phenoxy) is 1. The largest absolute Gasteiger partial charge is 0.494 e. The first-order valence-corrected chi connectivity index (χ1v) is 8.61. The van der Waals surface area contributed by atoms with E-state index in [4.69, 9.17) is 4.74 Å². The van der Waals surface area contributed by atoms with Crippen LogP contribution in [0.4, 0.5) is 0 Å². The van der Waals surface area contributed by atoms with Gasteiger partial charge in [0, 0.05) is 0 Å². The molecule has 3 aromatic carbocycles. The third-order valence-corrected chi connectivity index (χ3v) is 4.33. The summed E-state index contributed by atoms with van der Waals surface area (Å²) in [4.78, 5) is 11.9. The van der Waals surface area contributed by atoms with Crippen LogP contribution in [0.1, 0.15) is 30.4 Å². The zero-order valence-electron chi connectivity index (χ0n) is 14.3. The Bertz CT molecular complexity index is 847. The summed E-state index contributed by atoms with van der Waals surface area (Å²) in [5, 5.41) is 11.9. The summed E-state index contributed by atoms with van der Waals surface area (Å²) in [6.07, 6.45) is 1.42. The van der Waals surface area contributed by atoms with E-state index in [9.17, 15) is 9.90 Å². The van der Waals surface area contributed by atoms with Crippen molar-refractivity contribution in [1.82, 2.24) is 0 Å². The molecule has 0 spiro atoms. The number of benzene rings is 3. The van der Waals surface area contributed by atoms with Crippen LogP contribution in [0.5, 0.6) is 5.75 Å². The van der Waals surface area contributed by atoms with Crippen LogP contribution < -0.4 is 4.74 Å². The third kappa shape index (κ3) is 4.00. The molecule has 3 rings (SSSR count). The van der Waals surface area contributed by atoms with Crippen molar-refractivity contribution < 1.29 is 14.6 Å². The van der Waals surface area contributed by atoms with Gasteiger partial charge >= 0.3 is 5.97 Å². The number of carboxylic acids is 1. The van der Waals surface area contributed by atoms with E-state index in [2.05, 4.69) is 6.92 Å². The van der Waals surface area contributed by atoms with Gasteiger partial charge in [0.25, 0.3) is 0 Å². The molecule has 0 aliphatic rings. The van der Waals surface area contributed by atoms with E-state index in [1.807, 2.05) is 66.7 Å². The highest BCUT2D eigenvalue weighted by Crippen LogP contribution is 2.29. The molecule has 3 heteroatoms. The van der Waals surface area contributed by atoms with Crippen LogP contribution in [-0.4, -0.2) is 17.7 Å². The Labute approximate surface area is 147 Å². The summed E-state index contributed by atoms with van der Waals surface area (Å²) < 4.78 is 5.59. The van der Waals surface area contributed by atoms with Crippen molar-refractivity contribution in [2.24, 2.45) is 0 Å². The van der Waals surface area contributed by atoms with Crippen molar-refractivity contribution >= 4 is 16.7 Å². The summed E-state index contributed by atoms with van der Waals surface area (Å²) in [5.74, 6) is -0.557. The lowest BCUT2D eigenvalue weighted by molar-refractivity contribution is -0.138. The summed E-state index contributed by atoms with van der Waals surface area (Å²) >= 11 is 0. The molecule has 0 saturated carbocycles. The molecule has 0 heterocycles. The SMILES string of the molecule is CCCOc1ccc(CC(C(=O)O)c2cccc3ccccc23)cc1. The zero-order valence-corrected chi connectivity index (χ0v) is 14.3. The molecule has 0 saturated heterocycles. The minimum Gasteiger partial charge on any atom is -0.494 e. The first-order valence-electron chi connectivity index (χ1n) is 8.61. The van der Waals surface area contributed by atoms with Gasteiger partial charge in [-0.3, -0.25) is 4.79 Å². The predicted molar refractivity (Wildman–Crippen MR) is 100 cm³/mol. The molecule has 1 atom stereocenters. The lowest BCUT2D eigenvalue weighted by Gasteiger charge is -2.16. The Morgan fingerprint density at radius 1 is 1.00 bits per heavy atom. The Balaban J connectivity index is 1.88. The van der Waals surface area contributed by atoms with Crippen molar-refractivity contribution in [3.8, 4) is 5.75 Å². The van der Waals surface area contributed by atoms with E-state index in [1.165, 1.54) is 0 Å². The molecule has 0 amide bonds. The number of carboxylic acid groups (broad SMARTS) is 1. The number of aliphatic carboxylic acids is 1. The van der Waals surface area contributed by atoms with Gasteiger partial charge in [0.15, 0.2) is 0 Å². The van der Waals surface area contributed by atoms with Crippen LogP contribution in [0.15, 0.2) is 66.7 Å². The first kappa shape index (κ1) is 17.0.